The van der Waals surface area contributed by atoms with Crippen LogP contribution in [0.5, 0.6) is 0 Å². The van der Waals surface area contributed by atoms with Gasteiger partial charge >= 0.3 is 5.97 Å². The molecule has 2 rings (SSSR count). The van der Waals surface area contributed by atoms with Crippen LogP contribution in [0, 0.1) is 0 Å². The van der Waals surface area contributed by atoms with Gasteiger partial charge in [0.1, 0.15) is 10.7 Å². The molecule has 0 unspecified atom stereocenters. The molecular formula is C10H11N3O2S. The predicted octanol–water partition coefficient (Wildman–Crippen LogP) is 1.56. The van der Waals surface area contributed by atoms with Crippen LogP contribution in [-0.2, 0) is 18.3 Å². The first kappa shape index (κ1) is 10.8. The highest BCUT2D eigenvalue weighted by Crippen LogP contribution is 2.22. The van der Waals surface area contributed by atoms with Crippen LogP contribution in [0.2, 0.25) is 0 Å². The van der Waals surface area contributed by atoms with Gasteiger partial charge in [-0.15, -0.1) is 11.3 Å². The second-order valence-electron chi connectivity index (χ2n) is 3.41. The summed E-state index contributed by atoms with van der Waals surface area (Å²) in [4.78, 5) is 14.8. The Morgan fingerprint density at radius 1 is 1.62 bits per heavy atom. The van der Waals surface area contributed by atoms with Crippen molar-refractivity contribution in [2.45, 2.75) is 12.8 Å². The van der Waals surface area contributed by atoms with Gasteiger partial charge in [0, 0.05) is 25.0 Å². The third-order valence-electron chi connectivity index (χ3n) is 2.08. The van der Waals surface area contributed by atoms with Crippen LogP contribution < -0.4 is 0 Å². The molecule has 1 N–H and O–H groups in total. The maximum Gasteiger partial charge on any atom is 0.303 e. The zero-order chi connectivity index (χ0) is 11.5. The fourth-order valence-electron chi connectivity index (χ4n) is 1.30. The molecule has 0 radical (unpaired) electrons. The molecule has 2 heterocycles. The molecule has 6 heteroatoms. The molecule has 0 spiro atoms. The minimum Gasteiger partial charge on any atom is -0.481 e. The summed E-state index contributed by atoms with van der Waals surface area (Å²) in [6.45, 7) is 0. The van der Waals surface area contributed by atoms with E-state index in [2.05, 4.69) is 10.1 Å². The number of hydrogen-bond acceptors (Lipinski definition) is 4. The zero-order valence-corrected chi connectivity index (χ0v) is 9.57. The summed E-state index contributed by atoms with van der Waals surface area (Å²) in [5.41, 5.74) is 1.64. The number of aliphatic carboxylic acids is 1. The van der Waals surface area contributed by atoms with Gasteiger partial charge in [-0.3, -0.25) is 9.48 Å². The molecular weight excluding hydrogens is 226 g/mol. The standard InChI is InChI=1S/C10H11N3O2S/c1-13-5-4-8(12-13)10-11-7(6-16-10)2-3-9(14)15/h4-6H,2-3H2,1H3,(H,14,15). The normalized spacial score (nSPS) is 10.6. The number of rotatable bonds is 4. The average molecular weight is 237 g/mol. The van der Waals surface area contributed by atoms with Gasteiger partial charge in [-0.25, -0.2) is 4.98 Å². The Morgan fingerprint density at radius 2 is 2.44 bits per heavy atom. The Morgan fingerprint density at radius 3 is 3.06 bits per heavy atom. The lowest BCUT2D eigenvalue weighted by Crippen LogP contribution is -1.97. The molecule has 0 aliphatic heterocycles. The van der Waals surface area contributed by atoms with Gasteiger partial charge in [0.05, 0.1) is 12.1 Å². The first-order chi connectivity index (χ1) is 7.65. The van der Waals surface area contributed by atoms with Crippen LogP contribution in [0.25, 0.3) is 10.7 Å². The first-order valence-electron chi connectivity index (χ1n) is 4.81. The van der Waals surface area contributed by atoms with Crippen LogP contribution >= 0.6 is 11.3 Å². The number of thiazole rings is 1. The SMILES string of the molecule is Cn1ccc(-c2nc(CCC(=O)O)cs2)n1. The minimum absolute atomic E-state index is 0.116. The number of hydrogen-bond donors (Lipinski definition) is 1. The molecule has 5 nitrogen and oxygen atoms in total. The van der Waals surface area contributed by atoms with E-state index in [4.69, 9.17) is 5.11 Å². The maximum absolute atomic E-state index is 10.4. The van der Waals surface area contributed by atoms with E-state index in [9.17, 15) is 4.79 Å². The Balaban J connectivity index is 2.10. The Kier molecular flexibility index (Phi) is 3.00. The van der Waals surface area contributed by atoms with Gasteiger partial charge < -0.3 is 5.11 Å². The van der Waals surface area contributed by atoms with Crippen molar-refractivity contribution in [1.29, 1.82) is 0 Å². The maximum atomic E-state index is 10.4. The third kappa shape index (κ3) is 2.46. The number of nitrogens with zero attached hydrogens (tertiary/aromatic N) is 3. The minimum atomic E-state index is -0.799. The molecule has 0 bridgehead atoms. The highest BCUT2D eigenvalue weighted by molar-refractivity contribution is 7.13. The number of carbonyl (C=O) groups is 1. The molecule has 0 aliphatic rings. The highest BCUT2D eigenvalue weighted by atomic mass is 32.1. The average Bonchev–Trinajstić information content (AvgIpc) is 2.83. The monoisotopic (exact) mass is 237 g/mol. The van der Waals surface area contributed by atoms with Gasteiger partial charge in [-0.1, -0.05) is 0 Å². The van der Waals surface area contributed by atoms with Crippen LogP contribution in [-0.4, -0.2) is 25.8 Å². The Labute approximate surface area is 96.4 Å². The first-order valence-corrected chi connectivity index (χ1v) is 5.69. The van der Waals surface area contributed by atoms with Gasteiger partial charge in [0.2, 0.25) is 0 Å². The van der Waals surface area contributed by atoms with Crippen molar-refractivity contribution in [1.82, 2.24) is 14.8 Å². The van der Waals surface area contributed by atoms with Crippen molar-refractivity contribution in [3.05, 3.63) is 23.3 Å². The topological polar surface area (TPSA) is 68.0 Å². The lowest BCUT2D eigenvalue weighted by Gasteiger charge is -1.91. The Bertz CT molecular complexity index is 504. The molecule has 2 aromatic heterocycles. The molecule has 2 aromatic rings. The van der Waals surface area contributed by atoms with Crippen molar-refractivity contribution in [3.8, 4) is 10.7 Å². The van der Waals surface area contributed by atoms with Crippen molar-refractivity contribution in [2.24, 2.45) is 7.05 Å². The molecule has 0 aliphatic carbocycles. The van der Waals surface area contributed by atoms with Crippen molar-refractivity contribution in [3.63, 3.8) is 0 Å². The Hall–Kier alpha value is -1.69. The van der Waals surface area contributed by atoms with Gasteiger partial charge in [-0.2, -0.15) is 5.10 Å². The summed E-state index contributed by atoms with van der Waals surface area (Å²) >= 11 is 1.49. The van der Waals surface area contributed by atoms with Crippen LogP contribution in [0.3, 0.4) is 0 Å². The third-order valence-corrected chi connectivity index (χ3v) is 2.99. The summed E-state index contributed by atoms with van der Waals surface area (Å²) in [5, 5.41) is 15.5. The summed E-state index contributed by atoms with van der Waals surface area (Å²) in [6.07, 6.45) is 2.44. The van der Waals surface area contributed by atoms with Crippen molar-refractivity contribution < 1.29 is 9.90 Å². The van der Waals surface area contributed by atoms with E-state index in [-0.39, 0.29) is 6.42 Å². The quantitative estimate of drug-likeness (QED) is 0.876. The van der Waals surface area contributed by atoms with Crippen molar-refractivity contribution in [2.75, 3.05) is 0 Å². The zero-order valence-electron chi connectivity index (χ0n) is 8.75. The molecule has 0 saturated carbocycles. The van der Waals surface area contributed by atoms with Crippen LogP contribution in [0.1, 0.15) is 12.1 Å². The van der Waals surface area contributed by atoms with E-state index in [1.54, 1.807) is 4.68 Å². The van der Waals surface area contributed by atoms with Crippen LogP contribution in [0.4, 0.5) is 0 Å². The van der Waals surface area contributed by atoms with Crippen molar-refractivity contribution >= 4 is 17.3 Å². The fourth-order valence-corrected chi connectivity index (χ4v) is 2.12. The lowest BCUT2D eigenvalue weighted by atomic mass is 10.2. The molecule has 0 fully saturated rings. The van der Waals surface area contributed by atoms with E-state index in [1.807, 2.05) is 24.7 Å². The molecule has 0 amide bonds. The largest absolute Gasteiger partial charge is 0.481 e. The van der Waals surface area contributed by atoms with E-state index in [0.717, 1.165) is 16.4 Å². The molecule has 16 heavy (non-hydrogen) atoms. The number of aromatic nitrogens is 3. The lowest BCUT2D eigenvalue weighted by molar-refractivity contribution is -0.136. The van der Waals surface area contributed by atoms with E-state index in [1.165, 1.54) is 11.3 Å². The highest BCUT2D eigenvalue weighted by Gasteiger charge is 2.08. The number of carboxylic acid groups (broad SMARTS) is 1. The van der Waals surface area contributed by atoms with Gasteiger partial charge in [0.25, 0.3) is 0 Å². The smallest absolute Gasteiger partial charge is 0.303 e. The predicted molar refractivity (Wildman–Crippen MR) is 60.3 cm³/mol. The summed E-state index contributed by atoms with van der Waals surface area (Å²) in [7, 11) is 1.85. The summed E-state index contributed by atoms with van der Waals surface area (Å²) in [6, 6.07) is 1.89. The fraction of sp³-hybridized carbons (Fsp3) is 0.300. The number of carboxylic acids is 1. The summed E-state index contributed by atoms with van der Waals surface area (Å²) in [5.74, 6) is -0.799. The van der Waals surface area contributed by atoms with E-state index >= 15 is 0 Å². The number of aryl methyl sites for hydroxylation is 2. The van der Waals surface area contributed by atoms with E-state index in [0.29, 0.717) is 6.42 Å². The molecule has 84 valence electrons. The van der Waals surface area contributed by atoms with Gasteiger partial charge in [-0.05, 0) is 6.07 Å². The summed E-state index contributed by atoms with van der Waals surface area (Å²) < 4.78 is 1.72. The molecule has 0 saturated heterocycles. The second-order valence-corrected chi connectivity index (χ2v) is 4.27. The van der Waals surface area contributed by atoms with E-state index < -0.39 is 5.97 Å². The van der Waals surface area contributed by atoms with Gasteiger partial charge in [0.15, 0.2) is 0 Å². The van der Waals surface area contributed by atoms with Crippen LogP contribution in [0.15, 0.2) is 17.6 Å². The molecule has 0 atom stereocenters. The molecule has 0 aromatic carbocycles. The second kappa shape index (κ2) is 4.44.